The molecule has 0 N–H and O–H groups in total. The normalized spacial score (nSPS) is 11.8. The van der Waals surface area contributed by atoms with E-state index < -0.39 is 65.0 Å². The number of carbonyl (C=O) groups is 4. The molecule has 0 radical (unpaired) electrons. The number of unbranched alkanes of at least 4 members (excludes halogenated alkanes) is 56. The van der Waals surface area contributed by atoms with Crippen LogP contribution in [-0.2, 0) is 39.2 Å². The van der Waals surface area contributed by atoms with Gasteiger partial charge in [0.1, 0.15) is 20.2 Å². The molecule has 0 aliphatic rings. The Labute approximate surface area is 722 Å². The van der Waals surface area contributed by atoms with E-state index in [1.807, 2.05) is 24.3 Å². The molecule has 2 rings (SSSR count). The summed E-state index contributed by atoms with van der Waals surface area (Å²) in [5, 5.41) is 0. The number of rotatable bonds is 78. The molecule has 0 heterocycles. The summed E-state index contributed by atoms with van der Waals surface area (Å²) in [6, 6.07) is 7.13. The van der Waals surface area contributed by atoms with Crippen LogP contribution < -0.4 is 0 Å². The van der Waals surface area contributed by atoms with Crippen molar-refractivity contribution < 1.29 is 64.1 Å². The molecule has 0 unspecified atom stereocenters. The second-order valence-electron chi connectivity index (χ2n) is 31.4. The molecule has 644 valence electrons. The molecular formula is C96H162CaO14S2. The number of ether oxygens (including phenoxy) is 4. The van der Waals surface area contributed by atoms with Crippen molar-refractivity contribution in [3.63, 3.8) is 0 Å². The smallest absolute Gasteiger partial charge is 0.744 e. The molecule has 0 atom stereocenters. The first-order chi connectivity index (χ1) is 54.6. The summed E-state index contributed by atoms with van der Waals surface area (Å²) in [7, 11) is -10.1. The van der Waals surface area contributed by atoms with Crippen molar-refractivity contribution in [3.8, 4) is 0 Å². The number of esters is 4. The molecule has 2 aromatic rings. The van der Waals surface area contributed by atoms with Gasteiger partial charge < -0.3 is 28.1 Å². The molecule has 0 fully saturated rings. The number of allylic oxidation sites excluding steroid dienone is 4. The van der Waals surface area contributed by atoms with E-state index in [1.165, 1.54) is 358 Å². The standard InChI is InChI=1S/2C48H82O7S.Ca/c2*1-3-5-7-9-11-13-15-17-19-21-23-25-27-29-31-33-35-37-42-54-47(49)44-40-39-41-45(56(51,52)53)46(44)48(50)55-43-38-36-34-32-30-28-26-24-22-20-18-16-14-12-10-8-6-4-2;/h2*33-36,39-41H,3-32,37-38,42-43H2,1-2H3,(H,51,52,53);/q;;+2/p-2/b2*35-33+,36-34+;. The van der Waals surface area contributed by atoms with Gasteiger partial charge in [0.15, 0.2) is 0 Å². The molecule has 0 aromatic heterocycles. The van der Waals surface area contributed by atoms with Crippen LogP contribution in [0, 0.1) is 0 Å². The van der Waals surface area contributed by atoms with Crippen molar-refractivity contribution in [2.24, 2.45) is 0 Å². The van der Waals surface area contributed by atoms with Crippen LogP contribution in [0.5, 0.6) is 0 Å². The largest absolute Gasteiger partial charge is 2.00 e. The molecule has 0 amide bonds. The summed E-state index contributed by atoms with van der Waals surface area (Å²) in [5.74, 6) is -3.78. The summed E-state index contributed by atoms with van der Waals surface area (Å²) in [4.78, 5) is 50.3. The van der Waals surface area contributed by atoms with E-state index >= 15 is 0 Å². The molecular weight excluding hydrogens is 1480 g/mol. The van der Waals surface area contributed by atoms with Gasteiger partial charge in [0, 0.05) is 0 Å². The van der Waals surface area contributed by atoms with Gasteiger partial charge in [-0.25, -0.2) is 36.0 Å². The van der Waals surface area contributed by atoms with Crippen molar-refractivity contribution in [2.75, 3.05) is 26.4 Å². The topological polar surface area (TPSA) is 220 Å². The Morgan fingerprint density at radius 1 is 0.248 bits per heavy atom. The van der Waals surface area contributed by atoms with Gasteiger partial charge in [-0.1, -0.05) is 422 Å². The van der Waals surface area contributed by atoms with E-state index in [4.69, 9.17) is 18.9 Å². The summed E-state index contributed by atoms with van der Waals surface area (Å²) < 4.78 is 93.3. The van der Waals surface area contributed by atoms with Crippen LogP contribution in [-0.4, -0.2) is 114 Å². The fourth-order valence-corrected chi connectivity index (χ4v) is 15.6. The third kappa shape index (κ3) is 65.9. The van der Waals surface area contributed by atoms with E-state index in [1.54, 1.807) is 0 Å². The summed E-state index contributed by atoms with van der Waals surface area (Å²) >= 11 is 0. The first kappa shape index (κ1) is 109. The summed E-state index contributed by atoms with van der Waals surface area (Å²) in [5.41, 5.74) is -1.70. The van der Waals surface area contributed by atoms with E-state index in [-0.39, 0.29) is 75.3 Å². The Bertz CT molecular complexity index is 2740. The molecule has 0 saturated carbocycles. The minimum absolute atomic E-state index is 0. The fourth-order valence-electron chi connectivity index (χ4n) is 14.2. The zero-order chi connectivity index (χ0) is 81.6. The number of carbonyl (C=O) groups excluding carboxylic acids is 4. The van der Waals surface area contributed by atoms with Crippen molar-refractivity contribution in [2.45, 2.75) is 448 Å². The SMILES string of the molecule is CCCCCCCCCCCCCCCC/C=C/CCOC(=O)c1cccc(S(=O)(=O)[O-])c1C(=O)OCC/C=C/CCCCCCCCCCCCCCCC.CCCCCCCCCCCCCCCC/C=C/CCOC(=O)c1cccc(S(=O)(=O)[O-])c1C(=O)OCC/C=C/CCCCCCCCCCCCCCCC.[Ca+2]. The van der Waals surface area contributed by atoms with Crippen LogP contribution in [0.2, 0.25) is 0 Å². The molecule has 14 nitrogen and oxygen atoms in total. The van der Waals surface area contributed by atoms with Crippen molar-refractivity contribution in [1.29, 1.82) is 0 Å². The monoisotopic (exact) mass is 1640 g/mol. The Morgan fingerprint density at radius 2 is 0.407 bits per heavy atom. The van der Waals surface area contributed by atoms with Crippen molar-refractivity contribution >= 4 is 81.9 Å². The second-order valence-corrected chi connectivity index (χ2v) is 34.1. The van der Waals surface area contributed by atoms with Gasteiger partial charge in [-0.3, -0.25) is 0 Å². The van der Waals surface area contributed by atoms with Crippen molar-refractivity contribution in [1.82, 2.24) is 0 Å². The Hall–Kier alpha value is -3.64. The summed E-state index contributed by atoms with van der Waals surface area (Å²) in [6.45, 7) is 9.19. The van der Waals surface area contributed by atoms with Gasteiger partial charge in [-0.15, -0.1) is 0 Å². The van der Waals surface area contributed by atoms with Crippen LogP contribution in [0.15, 0.2) is 94.8 Å². The Balaban J connectivity index is 0.00000220. The molecule has 0 aliphatic heterocycles. The first-order valence-corrected chi connectivity index (χ1v) is 48.9. The maximum absolute atomic E-state index is 13.0. The molecule has 0 bridgehead atoms. The van der Waals surface area contributed by atoms with E-state index in [0.29, 0.717) is 25.7 Å². The molecule has 113 heavy (non-hydrogen) atoms. The van der Waals surface area contributed by atoms with Gasteiger partial charge in [-0.2, -0.15) is 0 Å². The van der Waals surface area contributed by atoms with Crippen molar-refractivity contribution in [3.05, 3.63) is 107 Å². The molecule has 2 aromatic carbocycles. The minimum Gasteiger partial charge on any atom is -0.744 e. The Kier molecular flexibility index (Phi) is 78.2. The number of hydrogen-bond donors (Lipinski definition) is 0. The Morgan fingerprint density at radius 3 is 0.584 bits per heavy atom. The van der Waals surface area contributed by atoms with E-state index in [2.05, 4.69) is 52.0 Å². The maximum Gasteiger partial charge on any atom is 2.00 e. The van der Waals surface area contributed by atoms with Crippen LogP contribution in [0.1, 0.15) is 480 Å². The fraction of sp³-hybridized carbons (Fsp3) is 0.750. The second kappa shape index (κ2) is 80.8. The van der Waals surface area contributed by atoms with E-state index in [9.17, 15) is 45.1 Å². The van der Waals surface area contributed by atoms with Gasteiger partial charge in [0.05, 0.1) is 58.5 Å². The van der Waals surface area contributed by atoms with E-state index in [0.717, 1.165) is 63.5 Å². The number of hydrogen-bond acceptors (Lipinski definition) is 14. The van der Waals surface area contributed by atoms with Crippen LogP contribution in [0.3, 0.4) is 0 Å². The maximum atomic E-state index is 13.0. The average Bonchev–Trinajstić information content (AvgIpc) is 0.797. The zero-order valence-electron chi connectivity index (χ0n) is 72.4. The number of benzene rings is 2. The van der Waals surface area contributed by atoms with Gasteiger partial charge >= 0.3 is 61.6 Å². The molecule has 17 heteroatoms. The van der Waals surface area contributed by atoms with Gasteiger partial charge in [-0.05, 0) is 101 Å². The zero-order valence-corrected chi connectivity index (χ0v) is 76.2. The van der Waals surface area contributed by atoms with Gasteiger partial charge in [0.2, 0.25) is 0 Å². The van der Waals surface area contributed by atoms with Crippen LogP contribution in [0.4, 0.5) is 0 Å². The third-order valence-electron chi connectivity index (χ3n) is 21.1. The van der Waals surface area contributed by atoms with Crippen LogP contribution in [0.25, 0.3) is 0 Å². The molecule has 0 spiro atoms. The minimum atomic E-state index is -5.04. The predicted octanol–water partition coefficient (Wildman–Crippen LogP) is 28.7. The predicted molar refractivity (Wildman–Crippen MR) is 470 cm³/mol. The van der Waals surface area contributed by atoms with Crippen LogP contribution >= 0.6 is 0 Å². The summed E-state index contributed by atoms with van der Waals surface area (Å²) in [6.07, 6.45) is 96.2. The molecule has 0 saturated heterocycles. The molecule has 0 aliphatic carbocycles. The third-order valence-corrected chi connectivity index (χ3v) is 22.8. The first-order valence-electron chi connectivity index (χ1n) is 46.1. The quantitative estimate of drug-likeness (QED) is 0.0150. The average molecular weight is 1640 g/mol. The van der Waals surface area contributed by atoms with Gasteiger partial charge in [0.25, 0.3) is 0 Å².